The van der Waals surface area contributed by atoms with Crippen molar-refractivity contribution in [3.05, 3.63) is 35.4 Å². The van der Waals surface area contributed by atoms with Crippen molar-refractivity contribution in [2.24, 2.45) is 0 Å². The first-order valence-electron chi connectivity index (χ1n) is 6.67. The molecule has 2 N–H and O–H groups in total. The summed E-state index contributed by atoms with van der Waals surface area (Å²) < 4.78 is 0. The van der Waals surface area contributed by atoms with E-state index in [2.05, 4.69) is 50.4 Å². The second-order valence-corrected chi connectivity index (χ2v) is 4.67. The van der Waals surface area contributed by atoms with Crippen LogP contribution in [0.2, 0.25) is 0 Å². The van der Waals surface area contributed by atoms with Gasteiger partial charge in [0.2, 0.25) is 0 Å². The van der Waals surface area contributed by atoms with Gasteiger partial charge in [-0.1, -0.05) is 45.0 Å². The summed E-state index contributed by atoms with van der Waals surface area (Å²) in [6, 6.07) is 8.69. The van der Waals surface area contributed by atoms with Gasteiger partial charge in [-0.25, -0.2) is 0 Å². The molecule has 0 saturated heterocycles. The fraction of sp³-hybridized carbons (Fsp3) is 0.600. The van der Waals surface area contributed by atoms with Crippen LogP contribution in [0, 0.1) is 0 Å². The molecule has 0 fully saturated rings. The van der Waals surface area contributed by atoms with E-state index in [-0.39, 0.29) is 12.6 Å². The zero-order valence-electron chi connectivity index (χ0n) is 11.2. The van der Waals surface area contributed by atoms with Crippen LogP contribution >= 0.6 is 0 Å². The number of benzene rings is 1. The molecule has 0 saturated carbocycles. The van der Waals surface area contributed by atoms with E-state index in [1.165, 1.54) is 11.1 Å². The average Bonchev–Trinajstić information content (AvgIpc) is 2.39. The maximum atomic E-state index is 9.37. The van der Waals surface area contributed by atoms with E-state index in [9.17, 15) is 5.11 Å². The van der Waals surface area contributed by atoms with E-state index >= 15 is 0 Å². The van der Waals surface area contributed by atoms with Crippen molar-refractivity contribution in [1.29, 1.82) is 0 Å². The minimum absolute atomic E-state index is 0.0703. The van der Waals surface area contributed by atoms with Crippen molar-refractivity contribution in [1.82, 2.24) is 5.32 Å². The highest BCUT2D eigenvalue weighted by Crippen LogP contribution is 2.21. The highest BCUT2D eigenvalue weighted by Gasteiger charge is 2.09. The van der Waals surface area contributed by atoms with Gasteiger partial charge in [0.1, 0.15) is 0 Å². The molecule has 2 heteroatoms. The number of hydrogen-bond acceptors (Lipinski definition) is 2. The molecule has 0 aliphatic rings. The van der Waals surface area contributed by atoms with Gasteiger partial charge in [0.05, 0.1) is 12.6 Å². The van der Waals surface area contributed by atoms with E-state index < -0.39 is 0 Å². The molecule has 0 heterocycles. The van der Waals surface area contributed by atoms with E-state index in [0.717, 1.165) is 19.4 Å². The number of aliphatic hydroxyl groups is 1. The zero-order valence-corrected chi connectivity index (χ0v) is 11.2. The molecule has 2 atom stereocenters. The van der Waals surface area contributed by atoms with Gasteiger partial charge in [-0.2, -0.15) is 0 Å². The lowest BCUT2D eigenvalue weighted by molar-refractivity contribution is 0.245. The van der Waals surface area contributed by atoms with Gasteiger partial charge in [0.25, 0.3) is 0 Å². The fourth-order valence-corrected chi connectivity index (χ4v) is 1.90. The van der Waals surface area contributed by atoms with E-state index in [1.807, 2.05) is 0 Å². The fourth-order valence-electron chi connectivity index (χ4n) is 1.90. The quantitative estimate of drug-likeness (QED) is 0.760. The van der Waals surface area contributed by atoms with Crippen LogP contribution < -0.4 is 5.32 Å². The Hall–Kier alpha value is -0.860. The molecule has 1 aromatic rings. The van der Waals surface area contributed by atoms with Crippen LogP contribution in [-0.4, -0.2) is 18.3 Å². The Bertz CT molecular complexity index is 307. The monoisotopic (exact) mass is 235 g/mol. The third kappa shape index (κ3) is 4.14. The van der Waals surface area contributed by atoms with Crippen LogP contribution in [-0.2, 0) is 0 Å². The van der Waals surface area contributed by atoms with Crippen molar-refractivity contribution in [2.75, 3.05) is 13.2 Å². The summed E-state index contributed by atoms with van der Waals surface area (Å²) in [5.41, 5.74) is 2.55. The van der Waals surface area contributed by atoms with Gasteiger partial charge in [0, 0.05) is 0 Å². The summed E-state index contributed by atoms with van der Waals surface area (Å²) >= 11 is 0. The summed E-state index contributed by atoms with van der Waals surface area (Å²) in [4.78, 5) is 0. The Kier molecular flexibility index (Phi) is 6.23. The van der Waals surface area contributed by atoms with Gasteiger partial charge in [-0.3, -0.25) is 0 Å². The molecule has 0 amide bonds. The van der Waals surface area contributed by atoms with Gasteiger partial charge >= 0.3 is 0 Å². The summed E-state index contributed by atoms with van der Waals surface area (Å²) in [5, 5.41) is 12.7. The normalized spacial score (nSPS) is 14.6. The predicted molar refractivity (Wildman–Crippen MR) is 73.3 cm³/mol. The Morgan fingerprint density at radius 1 is 1.12 bits per heavy atom. The largest absolute Gasteiger partial charge is 0.394 e. The van der Waals surface area contributed by atoms with Crippen LogP contribution in [0.4, 0.5) is 0 Å². The number of aliphatic hydroxyl groups excluding tert-OH is 1. The summed E-state index contributed by atoms with van der Waals surface area (Å²) in [6.45, 7) is 7.68. The minimum Gasteiger partial charge on any atom is -0.394 e. The number of hydrogen-bond donors (Lipinski definition) is 2. The third-order valence-corrected chi connectivity index (χ3v) is 3.34. The molecule has 17 heavy (non-hydrogen) atoms. The molecule has 96 valence electrons. The van der Waals surface area contributed by atoms with Crippen molar-refractivity contribution in [2.45, 2.75) is 45.6 Å². The lowest BCUT2D eigenvalue weighted by atomic mass is 9.96. The second-order valence-electron chi connectivity index (χ2n) is 4.67. The molecule has 0 aliphatic carbocycles. The van der Waals surface area contributed by atoms with Crippen LogP contribution in [0.1, 0.15) is 56.7 Å². The molecule has 1 rings (SSSR count). The first-order valence-corrected chi connectivity index (χ1v) is 6.67. The molecule has 2 unspecified atom stereocenters. The third-order valence-electron chi connectivity index (χ3n) is 3.34. The maximum absolute atomic E-state index is 9.37. The SMILES string of the molecule is CCCNC(CO)c1ccc(C(C)CC)cc1. The molecular formula is C15H25NO. The predicted octanol–water partition coefficient (Wildman–Crippen LogP) is 3.23. The van der Waals surface area contributed by atoms with Crippen molar-refractivity contribution in [3.63, 3.8) is 0 Å². The lowest BCUT2D eigenvalue weighted by Crippen LogP contribution is -2.25. The summed E-state index contributed by atoms with van der Waals surface area (Å²) in [6.07, 6.45) is 2.25. The van der Waals surface area contributed by atoms with Crippen LogP contribution in [0.25, 0.3) is 0 Å². The average molecular weight is 235 g/mol. The van der Waals surface area contributed by atoms with Gasteiger partial charge in [-0.05, 0) is 36.4 Å². The second kappa shape index (κ2) is 7.46. The van der Waals surface area contributed by atoms with E-state index in [0.29, 0.717) is 5.92 Å². The molecule has 2 nitrogen and oxygen atoms in total. The molecule has 1 aromatic carbocycles. The smallest absolute Gasteiger partial charge is 0.0626 e. The van der Waals surface area contributed by atoms with Crippen LogP contribution in [0.3, 0.4) is 0 Å². The summed E-state index contributed by atoms with van der Waals surface area (Å²) in [7, 11) is 0. The molecule has 0 aliphatic heterocycles. The number of rotatable bonds is 7. The lowest BCUT2D eigenvalue weighted by Gasteiger charge is -2.17. The summed E-state index contributed by atoms with van der Waals surface area (Å²) in [5.74, 6) is 0.611. The van der Waals surface area contributed by atoms with E-state index in [4.69, 9.17) is 0 Å². The first-order chi connectivity index (χ1) is 8.22. The van der Waals surface area contributed by atoms with Crippen molar-refractivity contribution in [3.8, 4) is 0 Å². The standard InChI is InChI=1S/C15H25NO/c1-4-10-16-15(11-17)14-8-6-13(7-9-14)12(3)5-2/h6-9,12,15-17H,4-5,10-11H2,1-3H3. The molecular weight excluding hydrogens is 210 g/mol. The Balaban J connectivity index is 2.70. The Morgan fingerprint density at radius 2 is 1.71 bits per heavy atom. The topological polar surface area (TPSA) is 32.3 Å². The Labute approximate surface area is 105 Å². The van der Waals surface area contributed by atoms with Gasteiger partial charge in [0.15, 0.2) is 0 Å². The maximum Gasteiger partial charge on any atom is 0.0626 e. The van der Waals surface area contributed by atoms with Gasteiger partial charge in [-0.15, -0.1) is 0 Å². The Morgan fingerprint density at radius 3 is 2.18 bits per heavy atom. The molecule has 0 bridgehead atoms. The molecule has 0 aromatic heterocycles. The molecule has 0 spiro atoms. The van der Waals surface area contributed by atoms with Crippen molar-refractivity contribution < 1.29 is 5.11 Å². The number of nitrogens with one attached hydrogen (secondary N) is 1. The zero-order chi connectivity index (χ0) is 12.7. The highest BCUT2D eigenvalue weighted by atomic mass is 16.3. The van der Waals surface area contributed by atoms with E-state index in [1.54, 1.807) is 0 Å². The minimum atomic E-state index is 0.0703. The van der Waals surface area contributed by atoms with Crippen LogP contribution in [0.5, 0.6) is 0 Å². The first kappa shape index (κ1) is 14.2. The highest BCUT2D eigenvalue weighted by molar-refractivity contribution is 5.27. The molecule has 0 radical (unpaired) electrons. The van der Waals surface area contributed by atoms with Gasteiger partial charge < -0.3 is 10.4 Å². The van der Waals surface area contributed by atoms with Crippen molar-refractivity contribution >= 4 is 0 Å². The van der Waals surface area contributed by atoms with Crippen LogP contribution in [0.15, 0.2) is 24.3 Å².